The standard InChI is InChI=1S/C11H15IO3S/c1-3-16(14,15)11(12)10(13)9-7-5-4-6-8(9)2/h4-7,10-11,13H,3H2,1-2H3/t10-,11-/m0/s1. The van der Waals surface area contributed by atoms with E-state index in [-0.39, 0.29) is 5.75 Å². The average molecular weight is 354 g/mol. The van der Waals surface area contributed by atoms with Gasteiger partial charge in [-0.05, 0) is 18.1 Å². The minimum absolute atomic E-state index is 0.0452. The van der Waals surface area contributed by atoms with Gasteiger partial charge in [-0.1, -0.05) is 53.8 Å². The summed E-state index contributed by atoms with van der Waals surface area (Å²) in [4.78, 5) is 0. The lowest BCUT2D eigenvalue weighted by Gasteiger charge is -2.19. The predicted molar refractivity (Wildman–Crippen MR) is 73.4 cm³/mol. The van der Waals surface area contributed by atoms with Crippen molar-refractivity contribution in [2.45, 2.75) is 23.2 Å². The molecule has 2 atom stereocenters. The Morgan fingerprint density at radius 1 is 1.38 bits per heavy atom. The highest BCUT2D eigenvalue weighted by atomic mass is 127. The summed E-state index contributed by atoms with van der Waals surface area (Å²) in [6.07, 6.45) is -0.966. The molecule has 0 saturated heterocycles. The second-order valence-electron chi connectivity index (χ2n) is 3.60. The van der Waals surface area contributed by atoms with Crippen LogP contribution in [-0.2, 0) is 9.84 Å². The molecular weight excluding hydrogens is 339 g/mol. The second-order valence-corrected chi connectivity index (χ2v) is 8.20. The molecule has 1 aromatic rings. The molecule has 16 heavy (non-hydrogen) atoms. The summed E-state index contributed by atoms with van der Waals surface area (Å²) >= 11 is 1.79. The lowest BCUT2D eigenvalue weighted by molar-refractivity contribution is 0.196. The third kappa shape index (κ3) is 2.95. The average Bonchev–Trinajstić information content (AvgIpc) is 2.27. The molecule has 0 aromatic heterocycles. The quantitative estimate of drug-likeness (QED) is 0.667. The van der Waals surface area contributed by atoms with E-state index in [1.54, 1.807) is 41.6 Å². The first-order chi connectivity index (χ1) is 7.40. The monoisotopic (exact) mass is 354 g/mol. The van der Waals surface area contributed by atoms with Gasteiger partial charge in [-0.15, -0.1) is 0 Å². The summed E-state index contributed by atoms with van der Waals surface area (Å²) in [5, 5.41) is 10.0. The summed E-state index contributed by atoms with van der Waals surface area (Å²) < 4.78 is 22.5. The molecule has 90 valence electrons. The van der Waals surface area contributed by atoms with Gasteiger partial charge in [0.2, 0.25) is 0 Å². The zero-order valence-electron chi connectivity index (χ0n) is 9.22. The van der Waals surface area contributed by atoms with Crippen molar-refractivity contribution in [2.24, 2.45) is 0 Å². The number of aliphatic hydroxyl groups excluding tert-OH is 1. The molecule has 0 fully saturated rings. The van der Waals surface area contributed by atoms with Crippen LogP contribution < -0.4 is 0 Å². The van der Waals surface area contributed by atoms with E-state index in [9.17, 15) is 13.5 Å². The Bertz CT molecular complexity index is 456. The van der Waals surface area contributed by atoms with Crippen molar-refractivity contribution in [1.82, 2.24) is 0 Å². The zero-order valence-corrected chi connectivity index (χ0v) is 12.2. The van der Waals surface area contributed by atoms with Gasteiger partial charge >= 0.3 is 0 Å². The largest absolute Gasteiger partial charge is 0.386 e. The third-order valence-electron chi connectivity index (χ3n) is 2.50. The highest BCUT2D eigenvalue weighted by Gasteiger charge is 2.29. The van der Waals surface area contributed by atoms with Gasteiger partial charge in [0.25, 0.3) is 0 Å². The van der Waals surface area contributed by atoms with Gasteiger partial charge in [0.1, 0.15) is 9.36 Å². The van der Waals surface area contributed by atoms with Crippen molar-refractivity contribution in [3.05, 3.63) is 35.4 Å². The van der Waals surface area contributed by atoms with E-state index in [1.807, 2.05) is 19.1 Å². The van der Waals surface area contributed by atoms with Gasteiger partial charge in [-0.25, -0.2) is 8.42 Å². The summed E-state index contributed by atoms with van der Waals surface area (Å²) in [7, 11) is -3.23. The molecule has 0 bridgehead atoms. The molecule has 1 rings (SSSR count). The van der Waals surface area contributed by atoms with Gasteiger partial charge in [-0.3, -0.25) is 0 Å². The van der Waals surface area contributed by atoms with Crippen LogP contribution in [0.2, 0.25) is 0 Å². The van der Waals surface area contributed by atoms with E-state index >= 15 is 0 Å². The Labute approximate surface area is 110 Å². The number of hydrogen-bond acceptors (Lipinski definition) is 3. The minimum atomic E-state index is -3.23. The smallest absolute Gasteiger partial charge is 0.164 e. The predicted octanol–water partition coefficient (Wildman–Crippen LogP) is 2.22. The number of halogens is 1. The van der Waals surface area contributed by atoms with Crippen LogP contribution in [0.1, 0.15) is 24.2 Å². The van der Waals surface area contributed by atoms with E-state index in [0.29, 0.717) is 5.56 Å². The number of benzene rings is 1. The second kappa shape index (κ2) is 5.46. The van der Waals surface area contributed by atoms with Crippen molar-refractivity contribution in [3.63, 3.8) is 0 Å². The molecule has 0 saturated carbocycles. The third-order valence-corrected chi connectivity index (χ3v) is 7.26. The van der Waals surface area contributed by atoms with Gasteiger partial charge in [-0.2, -0.15) is 0 Å². The van der Waals surface area contributed by atoms with Crippen LogP contribution in [0.3, 0.4) is 0 Å². The molecule has 1 N–H and O–H groups in total. The fourth-order valence-electron chi connectivity index (χ4n) is 1.42. The maximum Gasteiger partial charge on any atom is 0.164 e. The molecular formula is C11H15IO3S. The first-order valence-corrected chi connectivity index (χ1v) is 7.95. The molecule has 0 radical (unpaired) electrons. The SMILES string of the molecule is CCS(=O)(=O)[C@H](I)[C@@H](O)c1ccccc1C. The first-order valence-electron chi connectivity index (χ1n) is 4.99. The molecule has 0 aliphatic rings. The Balaban J connectivity index is 3.04. The van der Waals surface area contributed by atoms with Crippen molar-refractivity contribution in [3.8, 4) is 0 Å². The van der Waals surface area contributed by atoms with E-state index in [2.05, 4.69) is 0 Å². The summed E-state index contributed by atoms with van der Waals surface area (Å²) in [5.74, 6) is 0.0452. The van der Waals surface area contributed by atoms with Crippen molar-refractivity contribution < 1.29 is 13.5 Å². The van der Waals surface area contributed by atoms with Crippen LogP contribution in [0, 0.1) is 6.92 Å². The Morgan fingerprint density at radius 3 is 2.44 bits per heavy atom. The van der Waals surface area contributed by atoms with E-state index in [1.165, 1.54) is 0 Å². The summed E-state index contributed by atoms with van der Waals surface area (Å²) in [5.41, 5.74) is 1.59. The lowest BCUT2D eigenvalue weighted by atomic mass is 10.1. The highest BCUT2D eigenvalue weighted by Crippen LogP contribution is 2.29. The number of aryl methyl sites for hydroxylation is 1. The van der Waals surface area contributed by atoms with E-state index in [0.717, 1.165) is 5.56 Å². The van der Waals surface area contributed by atoms with Gasteiger partial charge in [0.05, 0.1) is 0 Å². The van der Waals surface area contributed by atoms with Crippen LogP contribution >= 0.6 is 22.6 Å². The lowest BCUT2D eigenvalue weighted by Crippen LogP contribution is -2.24. The number of sulfone groups is 1. The highest BCUT2D eigenvalue weighted by molar-refractivity contribution is 14.1. The van der Waals surface area contributed by atoms with E-state index < -0.39 is 19.2 Å². The Morgan fingerprint density at radius 2 is 1.94 bits per heavy atom. The maximum absolute atomic E-state index is 11.7. The minimum Gasteiger partial charge on any atom is -0.386 e. The molecule has 0 aliphatic carbocycles. The molecule has 0 unspecified atom stereocenters. The van der Waals surface area contributed by atoms with Gasteiger partial charge < -0.3 is 5.11 Å². The number of aliphatic hydroxyl groups is 1. The van der Waals surface area contributed by atoms with Crippen LogP contribution in [0.4, 0.5) is 0 Å². The van der Waals surface area contributed by atoms with Crippen LogP contribution in [0.5, 0.6) is 0 Å². The number of hydrogen-bond donors (Lipinski definition) is 1. The topological polar surface area (TPSA) is 54.4 Å². The number of alkyl halides is 1. The maximum atomic E-state index is 11.7. The van der Waals surface area contributed by atoms with Crippen LogP contribution in [-0.4, -0.2) is 22.5 Å². The molecule has 0 heterocycles. The Kier molecular flexibility index (Phi) is 4.75. The van der Waals surface area contributed by atoms with Crippen LogP contribution in [0.15, 0.2) is 24.3 Å². The Hall–Kier alpha value is -0.140. The van der Waals surface area contributed by atoms with Crippen molar-refractivity contribution in [2.75, 3.05) is 5.75 Å². The van der Waals surface area contributed by atoms with Crippen molar-refractivity contribution in [1.29, 1.82) is 0 Å². The van der Waals surface area contributed by atoms with Gasteiger partial charge in [0, 0.05) is 5.75 Å². The fraction of sp³-hybridized carbons (Fsp3) is 0.455. The molecule has 3 nitrogen and oxygen atoms in total. The molecule has 1 aromatic carbocycles. The summed E-state index contributed by atoms with van der Waals surface area (Å²) in [6.45, 7) is 3.45. The molecule has 0 amide bonds. The molecule has 0 spiro atoms. The first kappa shape index (κ1) is 13.9. The zero-order chi connectivity index (χ0) is 12.3. The number of rotatable bonds is 4. The normalized spacial score (nSPS) is 15.8. The van der Waals surface area contributed by atoms with E-state index in [4.69, 9.17) is 0 Å². The van der Waals surface area contributed by atoms with Crippen molar-refractivity contribution >= 4 is 32.4 Å². The van der Waals surface area contributed by atoms with Gasteiger partial charge in [0.15, 0.2) is 9.84 Å². The summed E-state index contributed by atoms with van der Waals surface area (Å²) in [6, 6.07) is 7.28. The fourth-order valence-corrected chi connectivity index (χ4v) is 3.74. The molecule has 0 aliphatic heterocycles. The van der Waals surface area contributed by atoms with Crippen LogP contribution in [0.25, 0.3) is 0 Å². The molecule has 5 heteroatoms.